The van der Waals surface area contributed by atoms with Crippen LogP contribution in [-0.4, -0.2) is 46.1 Å². The number of para-hydroxylation sites is 2. The van der Waals surface area contributed by atoms with Gasteiger partial charge in [0.2, 0.25) is 5.91 Å². The molecule has 1 aliphatic carbocycles. The van der Waals surface area contributed by atoms with Crippen LogP contribution < -0.4 is 16.4 Å². The molecule has 0 atom stereocenters. The Hall–Kier alpha value is -2.41. The first-order valence-electron chi connectivity index (χ1n) is 10.6. The monoisotopic (exact) mass is 400 g/mol. The molecule has 0 bridgehead atoms. The number of carbonyl (C=O) groups excluding carboxylic acids is 1. The first-order chi connectivity index (χ1) is 14.0. The van der Waals surface area contributed by atoms with Gasteiger partial charge >= 0.3 is 11.1 Å². The molecule has 29 heavy (non-hydrogen) atoms. The van der Waals surface area contributed by atoms with E-state index in [1.54, 1.807) is 19.2 Å². The van der Waals surface area contributed by atoms with Gasteiger partial charge in [-0.05, 0) is 45.0 Å². The molecule has 158 valence electrons. The molecular weight excluding hydrogens is 368 g/mol. The molecule has 1 amide bonds. The Balaban J connectivity index is 1.50. The van der Waals surface area contributed by atoms with Crippen molar-refractivity contribution in [3.63, 3.8) is 0 Å². The van der Waals surface area contributed by atoms with Crippen molar-refractivity contribution in [1.29, 1.82) is 0 Å². The van der Waals surface area contributed by atoms with Gasteiger partial charge in [-0.25, -0.2) is 0 Å². The molecule has 7 heteroatoms. The molecular formula is C22H32N4O3. The second kappa shape index (κ2) is 9.87. The second-order valence-electron chi connectivity index (χ2n) is 8.04. The normalized spacial score (nSPS) is 15.1. The number of aryl methyl sites for hydroxylation is 2. The zero-order chi connectivity index (χ0) is 20.8. The molecule has 0 spiro atoms. The molecule has 1 aromatic heterocycles. The molecule has 1 N–H and O–H groups in total. The summed E-state index contributed by atoms with van der Waals surface area (Å²) in [5.74, 6) is -0.0954. The lowest BCUT2D eigenvalue weighted by Gasteiger charge is -2.31. The number of rotatable bonds is 8. The van der Waals surface area contributed by atoms with E-state index in [0.717, 1.165) is 13.0 Å². The third kappa shape index (κ3) is 5.15. The van der Waals surface area contributed by atoms with Gasteiger partial charge < -0.3 is 19.4 Å². The fourth-order valence-electron chi connectivity index (χ4n) is 4.24. The van der Waals surface area contributed by atoms with E-state index in [1.807, 2.05) is 12.1 Å². The lowest BCUT2D eigenvalue weighted by Crippen LogP contribution is -2.41. The average Bonchev–Trinajstić information content (AvgIpc) is 2.75. The minimum Gasteiger partial charge on any atom is -0.356 e. The standard InChI is InChI=1S/C22H32N4O3/c1-24(17-9-4-3-5-10-17)15-8-14-23-20(27)13-16-26-19-12-7-6-11-18(19)25(2)21(28)22(26)29/h6-7,11-12,17H,3-5,8-10,13-16H2,1-2H3,(H,23,27). The van der Waals surface area contributed by atoms with E-state index in [9.17, 15) is 14.4 Å². The van der Waals surface area contributed by atoms with Gasteiger partial charge in [0.05, 0.1) is 11.0 Å². The third-order valence-corrected chi connectivity index (χ3v) is 6.04. The largest absolute Gasteiger partial charge is 0.356 e. The first kappa shape index (κ1) is 21.3. The van der Waals surface area contributed by atoms with Crippen molar-refractivity contribution in [3.8, 4) is 0 Å². The molecule has 1 fully saturated rings. The van der Waals surface area contributed by atoms with Crippen molar-refractivity contribution in [2.75, 3.05) is 20.1 Å². The number of hydrogen-bond acceptors (Lipinski definition) is 4. The van der Waals surface area contributed by atoms with Gasteiger partial charge in [0.25, 0.3) is 0 Å². The van der Waals surface area contributed by atoms with Crippen LogP contribution in [0.3, 0.4) is 0 Å². The van der Waals surface area contributed by atoms with Crippen LogP contribution in [0.2, 0.25) is 0 Å². The van der Waals surface area contributed by atoms with Gasteiger partial charge in [-0.15, -0.1) is 0 Å². The number of benzene rings is 1. The maximum atomic E-state index is 12.4. The fourth-order valence-corrected chi connectivity index (χ4v) is 4.24. The van der Waals surface area contributed by atoms with E-state index in [2.05, 4.69) is 17.3 Å². The van der Waals surface area contributed by atoms with Crippen LogP contribution in [0.5, 0.6) is 0 Å². The predicted molar refractivity (Wildman–Crippen MR) is 115 cm³/mol. The maximum Gasteiger partial charge on any atom is 0.316 e. The number of hydrogen-bond donors (Lipinski definition) is 1. The minimum atomic E-state index is -0.590. The molecule has 0 unspecified atom stereocenters. The molecule has 0 radical (unpaired) electrons. The molecule has 2 aromatic rings. The van der Waals surface area contributed by atoms with Crippen molar-refractivity contribution >= 4 is 16.9 Å². The zero-order valence-corrected chi connectivity index (χ0v) is 17.5. The zero-order valence-electron chi connectivity index (χ0n) is 17.5. The smallest absolute Gasteiger partial charge is 0.316 e. The molecule has 3 rings (SSSR count). The van der Waals surface area contributed by atoms with Crippen LogP contribution in [0.4, 0.5) is 0 Å². The van der Waals surface area contributed by atoms with E-state index in [0.29, 0.717) is 23.6 Å². The number of fused-ring (bicyclic) bond motifs is 1. The maximum absolute atomic E-state index is 12.4. The van der Waals surface area contributed by atoms with Crippen molar-refractivity contribution in [2.45, 2.75) is 57.5 Å². The number of aromatic nitrogens is 2. The summed E-state index contributed by atoms with van der Waals surface area (Å²) in [5.41, 5.74) is 0.188. The van der Waals surface area contributed by atoms with Crippen LogP contribution in [0, 0.1) is 0 Å². The van der Waals surface area contributed by atoms with Gasteiger partial charge in [0, 0.05) is 32.6 Å². The average molecular weight is 401 g/mol. The van der Waals surface area contributed by atoms with Gasteiger partial charge in [0.15, 0.2) is 0 Å². The Bertz CT molecular complexity index is 957. The number of nitrogens with one attached hydrogen (secondary N) is 1. The van der Waals surface area contributed by atoms with E-state index in [-0.39, 0.29) is 18.9 Å². The number of carbonyl (C=O) groups is 1. The number of amides is 1. The highest BCUT2D eigenvalue weighted by molar-refractivity contribution is 5.77. The lowest BCUT2D eigenvalue weighted by atomic mass is 9.94. The van der Waals surface area contributed by atoms with Crippen molar-refractivity contribution in [2.24, 2.45) is 7.05 Å². The summed E-state index contributed by atoms with van der Waals surface area (Å²) >= 11 is 0. The van der Waals surface area contributed by atoms with Crippen molar-refractivity contribution in [1.82, 2.24) is 19.4 Å². The quantitative estimate of drug-likeness (QED) is 0.542. The Kier molecular flexibility index (Phi) is 7.25. The predicted octanol–water partition coefficient (Wildman–Crippen LogP) is 1.86. The highest BCUT2D eigenvalue weighted by Crippen LogP contribution is 2.21. The SMILES string of the molecule is CN(CCCNC(=O)CCn1c(=O)c(=O)n(C)c2ccccc21)C1CCCCC1. The van der Waals surface area contributed by atoms with Crippen LogP contribution in [0.25, 0.3) is 11.0 Å². The minimum absolute atomic E-state index is 0.0954. The van der Waals surface area contributed by atoms with Crippen molar-refractivity contribution < 1.29 is 4.79 Å². The van der Waals surface area contributed by atoms with Crippen LogP contribution in [0.15, 0.2) is 33.9 Å². The summed E-state index contributed by atoms with van der Waals surface area (Å²) in [6, 6.07) is 7.93. The molecule has 7 nitrogen and oxygen atoms in total. The lowest BCUT2D eigenvalue weighted by molar-refractivity contribution is -0.121. The highest BCUT2D eigenvalue weighted by Gasteiger charge is 2.17. The molecule has 1 aliphatic rings. The molecule has 1 heterocycles. The van der Waals surface area contributed by atoms with Crippen molar-refractivity contribution in [3.05, 3.63) is 45.0 Å². The van der Waals surface area contributed by atoms with Crippen LogP contribution in [-0.2, 0) is 18.4 Å². The van der Waals surface area contributed by atoms with E-state index >= 15 is 0 Å². The second-order valence-corrected chi connectivity index (χ2v) is 8.04. The summed E-state index contributed by atoms with van der Waals surface area (Å²) in [5, 5.41) is 2.94. The van der Waals surface area contributed by atoms with Crippen LogP contribution in [0.1, 0.15) is 44.9 Å². The third-order valence-electron chi connectivity index (χ3n) is 6.04. The van der Waals surface area contributed by atoms with E-state index in [4.69, 9.17) is 0 Å². The van der Waals surface area contributed by atoms with E-state index < -0.39 is 11.1 Å². The molecule has 0 saturated heterocycles. The Morgan fingerprint density at radius 1 is 1.10 bits per heavy atom. The van der Waals surface area contributed by atoms with Gasteiger partial charge in [-0.1, -0.05) is 31.4 Å². The Morgan fingerprint density at radius 3 is 2.52 bits per heavy atom. The Morgan fingerprint density at radius 2 is 1.79 bits per heavy atom. The number of nitrogens with zero attached hydrogens (tertiary/aromatic N) is 3. The van der Waals surface area contributed by atoms with Gasteiger partial charge in [0.1, 0.15) is 0 Å². The summed E-state index contributed by atoms with van der Waals surface area (Å²) in [6.45, 7) is 1.80. The Labute approximate surface area is 171 Å². The first-order valence-corrected chi connectivity index (χ1v) is 10.6. The summed E-state index contributed by atoms with van der Waals surface area (Å²) in [6.07, 6.45) is 7.64. The van der Waals surface area contributed by atoms with Gasteiger partial charge in [-0.3, -0.25) is 14.4 Å². The van der Waals surface area contributed by atoms with Crippen LogP contribution >= 0.6 is 0 Å². The highest BCUT2D eigenvalue weighted by atomic mass is 16.2. The molecule has 1 saturated carbocycles. The van der Waals surface area contributed by atoms with Gasteiger partial charge in [-0.2, -0.15) is 0 Å². The topological polar surface area (TPSA) is 76.3 Å². The van der Waals surface area contributed by atoms with E-state index in [1.165, 1.54) is 41.2 Å². The fraction of sp³-hybridized carbons (Fsp3) is 0.591. The molecule has 0 aliphatic heterocycles. The summed E-state index contributed by atoms with van der Waals surface area (Å²) in [7, 11) is 3.76. The molecule has 1 aromatic carbocycles. The summed E-state index contributed by atoms with van der Waals surface area (Å²) < 4.78 is 2.77. The summed E-state index contributed by atoms with van der Waals surface area (Å²) in [4.78, 5) is 39.2.